The number of amides is 2. The van der Waals surface area contributed by atoms with E-state index in [4.69, 9.17) is 23.2 Å². The lowest BCUT2D eigenvalue weighted by Crippen LogP contribution is -2.30. The summed E-state index contributed by atoms with van der Waals surface area (Å²) < 4.78 is 4.45. The smallest absolute Gasteiger partial charge is 0.325 e. The zero-order valence-corrected chi connectivity index (χ0v) is 14.6. The molecule has 0 atom stereocenters. The maximum absolute atomic E-state index is 12.3. The van der Waals surface area contributed by atoms with E-state index in [1.165, 1.54) is 25.3 Å². The second kappa shape index (κ2) is 8.50. The summed E-state index contributed by atoms with van der Waals surface area (Å²) in [5.74, 6) is -1.49. The van der Waals surface area contributed by atoms with Crippen LogP contribution in [0.4, 0.5) is 5.69 Å². The highest BCUT2D eigenvalue weighted by atomic mass is 35.5. The molecular formula is C17H14Cl2N2O4. The van der Waals surface area contributed by atoms with Crippen LogP contribution in [0.15, 0.2) is 42.5 Å². The number of esters is 1. The van der Waals surface area contributed by atoms with Crippen LogP contribution < -0.4 is 10.6 Å². The van der Waals surface area contributed by atoms with Gasteiger partial charge in [0, 0.05) is 16.3 Å². The third-order valence-electron chi connectivity index (χ3n) is 3.18. The van der Waals surface area contributed by atoms with E-state index in [9.17, 15) is 14.4 Å². The van der Waals surface area contributed by atoms with Gasteiger partial charge in [-0.3, -0.25) is 14.4 Å². The Morgan fingerprint density at radius 3 is 2.52 bits per heavy atom. The number of halogens is 2. The van der Waals surface area contributed by atoms with Crippen LogP contribution in [0.3, 0.4) is 0 Å². The minimum absolute atomic E-state index is 0.217. The number of carbonyl (C=O) groups is 3. The maximum Gasteiger partial charge on any atom is 0.325 e. The van der Waals surface area contributed by atoms with E-state index in [2.05, 4.69) is 15.4 Å². The molecule has 2 N–H and O–H groups in total. The molecule has 0 aromatic heterocycles. The first-order valence-corrected chi connectivity index (χ1v) is 7.88. The van der Waals surface area contributed by atoms with E-state index < -0.39 is 17.8 Å². The highest BCUT2D eigenvalue weighted by Crippen LogP contribution is 2.22. The molecule has 0 radical (unpaired) electrons. The van der Waals surface area contributed by atoms with E-state index in [1.54, 1.807) is 24.3 Å². The Kier molecular flexibility index (Phi) is 6.38. The lowest BCUT2D eigenvalue weighted by molar-refractivity contribution is -0.139. The average molecular weight is 381 g/mol. The second-order valence-electron chi connectivity index (χ2n) is 4.92. The van der Waals surface area contributed by atoms with Crippen LogP contribution in [0.5, 0.6) is 0 Å². The Morgan fingerprint density at radius 2 is 1.80 bits per heavy atom. The minimum Gasteiger partial charge on any atom is -0.468 e. The quantitative estimate of drug-likeness (QED) is 0.780. The number of anilines is 1. The summed E-state index contributed by atoms with van der Waals surface area (Å²) in [6.45, 7) is -0.246. The van der Waals surface area contributed by atoms with Gasteiger partial charge in [0.1, 0.15) is 6.54 Å². The number of benzene rings is 2. The summed E-state index contributed by atoms with van der Waals surface area (Å²) in [6.07, 6.45) is 0. The molecule has 6 nitrogen and oxygen atoms in total. The van der Waals surface area contributed by atoms with E-state index in [0.717, 1.165) is 0 Å². The van der Waals surface area contributed by atoms with Crippen LogP contribution in [0, 0.1) is 0 Å². The maximum atomic E-state index is 12.3. The van der Waals surface area contributed by atoms with Crippen molar-refractivity contribution in [3.8, 4) is 0 Å². The molecule has 8 heteroatoms. The van der Waals surface area contributed by atoms with Gasteiger partial charge in [0.25, 0.3) is 11.8 Å². The molecule has 2 amide bonds. The van der Waals surface area contributed by atoms with Gasteiger partial charge < -0.3 is 15.4 Å². The molecule has 2 rings (SSSR count). The number of methoxy groups -OCH3 is 1. The van der Waals surface area contributed by atoms with E-state index in [-0.39, 0.29) is 22.7 Å². The summed E-state index contributed by atoms with van der Waals surface area (Å²) >= 11 is 11.9. The van der Waals surface area contributed by atoms with Crippen LogP contribution in [-0.4, -0.2) is 31.4 Å². The third kappa shape index (κ3) is 5.20. The summed E-state index contributed by atoms with van der Waals surface area (Å²) in [5, 5.41) is 5.70. The molecule has 0 saturated heterocycles. The van der Waals surface area contributed by atoms with Crippen molar-refractivity contribution in [2.75, 3.05) is 19.0 Å². The van der Waals surface area contributed by atoms with Gasteiger partial charge in [0.15, 0.2) is 0 Å². The lowest BCUT2D eigenvalue weighted by Gasteiger charge is -2.09. The zero-order chi connectivity index (χ0) is 18.4. The number of hydrogen-bond acceptors (Lipinski definition) is 4. The molecule has 2 aromatic rings. The normalized spacial score (nSPS) is 10.0. The Hall–Kier alpha value is -2.57. The van der Waals surface area contributed by atoms with E-state index >= 15 is 0 Å². The first-order chi connectivity index (χ1) is 11.9. The first-order valence-electron chi connectivity index (χ1n) is 7.12. The SMILES string of the molecule is COC(=O)CNC(=O)c1cccc(NC(=O)c2cc(Cl)ccc2Cl)c1. The molecule has 0 spiro atoms. The summed E-state index contributed by atoms with van der Waals surface area (Å²) in [5.41, 5.74) is 0.889. The standard InChI is InChI=1S/C17H14Cl2N2O4/c1-25-15(22)9-20-16(23)10-3-2-4-12(7-10)21-17(24)13-8-11(18)5-6-14(13)19/h2-8H,9H2,1H3,(H,20,23)(H,21,24). The number of nitrogens with one attached hydrogen (secondary N) is 2. The predicted octanol–water partition coefficient (Wildman–Crippen LogP) is 3.15. The van der Waals surface area contributed by atoms with Crippen LogP contribution in [0.25, 0.3) is 0 Å². The van der Waals surface area contributed by atoms with E-state index in [1.807, 2.05) is 0 Å². The number of carbonyl (C=O) groups excluding carboxylic acids is 3. The van der Waals surface area contributed by atoms with Crippen molar-refractivity contribution in [1.82, 2.24) is 5.32 Å². The lowest BCUT2D eigenvalue weighted by atomic mass is 10.1. The van der Waals surface area contributed by atoms with Crippen molar-refractivity contribution in [3.05, 3.63) is 63.6 Å². The van der Waals surface area contributed by atoms with Gasteiger partial charge in [0.2, 0.25) is 0 Å². The highest BCUT2D eigenvalue weighted by Gasteiger charge is 2.13. The summed E-state index contributed by atoms with van der Waals surface area (Å²) in [6, 6.07) is 10.8. The molecule has 0 aliphatic carbocycles. The second-order valence-corrected chi connectivity index (χ2v) is 5.76. The molecule has 2 aromatic carbocycles. The van der Waals surface area contributed by atoms with Crippen LogP contribution >= 0.6 is 23.2 Å². The van der Waals surface area contributed by atoms with Gasteiger partial charge in [-0.25, -0.2) is 0 Å². The van der Waals surface area contributed by atoms with Crippen LogP contribution in [-0.2, 0) is 9.53 Å². The Bertz CT molecular complexity index is 824. The molecule has 0 unspecified atom stereocenters. The van der Waals surface area contributed by atoms with Crippen molar-refractivity contribution in [2.24, 2.45) is 0 Å². The molecule has 0 saturated carbocycles. The fraction of sp³-hybridized carbons (Fsp3) is 0.118. The number of ether oxygens (including phenoxy) is 1. The fourth-order valence-corrected chi connectivity index (χ4v) is 2.31. The molecule has 25 heavy (non-hydrogen) atoms. The van der Waals surface area contributed by atoms with Gasteiger partial charge in [-0.15, -0.1) is 0 Å². The molecule has 130 valence electrons. The minimum atomic E-state index is -0.562. The average Bonchev–Trinajstić information content (AvgIpc) is 2.61. The van der Waals surface area contributed by atoms with Crippen molar-refractivity contribution in [2.45, 2.75) is 0 Å². The van der Waals surface area contributed by atoms with Gasteiger partial charge >= 0.3 is 5.97 Å². The molecular weight excluding hydrogens is 367 g/mol. The molecule has 0 bridgehead atoms. The van der Waals surface area contributed by atoms with Crippen LogP contribution in [0.2, 0.25) is 10.0 Å². The Morgan fingerprint density at radius 1 is 1.04 bits per heavy atom. The van der Waals surface area contributed by atoms with Crippen molar-refractivity contribution in [1.29, 1.82) is 0 Å². The zero-order valence-electron chi connectivity index (χ0n) is 13.1. The van der Waals surface area contributed by atoms with Crippen molar-refractivity contribution in [3.63, 3.8) is 0 Å². The molecule has 0 heterocycles. The van der Waals surface area contributed by atoms with Gasteiger partial charge in [-0.05, 0) is 36.4 Å². The fourth-order valence-electron chi connectivity index (χ4n) is 1.93. The summed E-state index contributed by atoms with van der Waals surface area (Å²) in [4.78, 5) is 35.4. The van der Waals surface area contributed by atoms with Gasteiger partial charge in [-0.1, -0.05) is 29.3 Å². The number of rotatable bonds is 5. The van der Waals surface area contributed by atoms with Crippen molar-refractivity contribution >= 4 is 46.7 Å². The van der Waals surface area contributed by atoms with Crippen molar-refractivity contribution < 1.29 is 19.1 Å². The Balaban J connectivity index is 2.10. The summed E-state index contributed by atoms with van der Waals surface area (Å²) in [7, 11) is 1.23. The monoisotopic (exact) mass is 380 g/mol. The van der Waals surface area contributed by atoms with Gasteiger partial charge in [-0.2, -0.15) is 0 Å². The largest absolute Gasteiger partial charge is 0.468 e. The Labute approximate surface area is 154 Å². The van der Waals surface area contributed by atoms with Crippen LogP contribution in [0.1, 0.15) is 20.7 Å². The topological polar surface area (TPSA) is 84.5 Å². The van der Waals surface area contributed by atoms with E-state index in [0.29, 0.717) is 10.7 Å². The molecule has 0 aliphatic rings. The number of hydrogen-bond donors (Lipinski definition) is 2. The predicted molar refractivity (Wildman–Crippen MR) is 95.2 cm³/mol. The van der Waals surface area contributed by atoms with Gasteiger partial charge in [0.05, 0.1) is 17.7 Å². The highest BCUT2D eigenvalue weighted by molar-refractivity contribution is 6.36. The third-order valence-corrected chi connectivity index (χ3v) is 3.74. The molecule has 0 fully saturated rings. The first kappa shape index (κ1) is 18.8. The molecule has 0 aliphatic heterocycles.